The molecule has 1 unspecified atom stereocenters. The van der Waals surface area contributed by atoms with Crippen LogP contribution in [0, 0.1) is 12.3 Å². The van der Waals surface area contributed by atoms with E-state index >= 15 is 0 Å². The molecule has 0 saturated carbocycles. The number of aryl methyl sites for hydroxylation is 1. The van der Waals surface area contributed by atoms with Gasteiger partial charge in [0.05, 0.1) is 17.3 Å². The van der Waals surface area contributed by atoms with Crippen LogP contribution in [0.1, 0.15) is 38.1 Å². The molecule has 1 atom stereocenters. The van der Waals surface area contributed by atoms with Gasteiger partial charge in [0.15, 0.2) is 5.82 Å². The van der Waals surface area contributed by atoms with Crippen molar-refractivity contribution in [2.75, 3.05) is 37.0 Å². The highest BCUT2D eigenvalue weighted by Crippen LogP contribution is 2.39. The molecule has 9 heteroatoms. The number of hydrogen-bond donors (Lipinski definition) is 2. The summed E-state index contributed by atoms with van der Waals surface area (Å²) >= 11 is 7.99. The number of anilines is 2. The van der Waals surface area contributed by atoms with Gasteiger partial charge in [0.25, 0.3) is 0 Å². The molecule has 2 aromatic heterocycles. The maximum absolute atomic E-state index is 9.99. The van der Waals surface area contributed by atoms with E-state index in [0.717, 1.165) is 47.4 Å². The van der Waals surface area contributed by atoms with Gasteiger partial charge in [-0.25, -0.2) is 15.0 Å². The van der Waals surface area contributed by atoms with Crippen molar-refractivity contribution in [1.29, 1.82) is 0 Å². The van der Waals surface area contributed by atoms with E-state index in [0.29, 0.717) is 16.5 Å². The summed E-state index contributed by atoms with van der Waals surface area (Å²) in [5.41, 5.74) is 7.73. The average molecular weight is 451 g/mol. The fourth-order valence-corrected chi connectivity index (χ4v) is 4.84. The van der Waals surface area contributed by atoms with Gasteiger partial charge < -0.3 is 20.6 Å². The normalized spacial score (nSPS) is 17.1. The van der Waals surface area contributed by atoms with Crippen LogP contribution < -0.4 is 15.5 Å². The minimum absolute atomic E-state index is 0.135. The molecule has 3 rings (SSSR count). The van der Waals surface area contributed by atoms with Crippen LogP contribution in [0.25, 0.3) is 0 Å². The number of aromatic nitrogens is 3. The highest BCUT2D eigenvalue weighted by atomic mass is 35.5. The monoisotopic (exact) mass is 450 g/mol. The van der Waals surface area contributed by atoms with Crippen LogP contribution in [0.5, 0.6) is 0 Å². The number of pyridine rings is 1. The quantitative estimate of drug-likeness (QED) is 0.690. The predicted octanol–water partition coefficient (Wildman–Crippen LogP) is 3.50. The summed E-state index contributed by atoms with van der Waals surface area (Å²) in [6.07, 6.45) is 3.72. The topological polar surface area (TPSA) is 91.4 Å². The van der Waals surface area contributed by atoms with E-state index in [1.807, 2.05) is 32.0 Å². The van der Waals surface area contributed by atoms with Gasteiger partial charge in [-0.05, 0) is 38.2 Å². The summed E-state index contributed by atoms with van der Waals surface area (Å²) in [6.45, 7) is 7.82. The molecule has 30 heavy (non-hydrogen) atoms. The first kappa shape index (κ1) is 23.1. The summed E-state index contributed by atoms with van der Waals surface area (Å²) in [4.78, 5) is 18.8. The summed E-state index contributed by atoms with van der Waals surface area (Å²) in [6, 6.07) is 2.02. The van der Waals surface area contributed by atoms with Gasteiger partial charge in [0.1, 0.15) is 16.5 Å². The second-order valence-electron chi connectivity index (χ2n) is 8.42. The number of rotatable bonds is 6. The number of nitrogens with two attached hydrogens (primary N) is 1. The Labute approximate surface area is 188 Å². The van der Waals surface area contributed by atoms with Crippen molar-refractivity contribution in [3.8, 4) is 0 Å². The van der Waals surface area contributed by atoms with Crippen molar-refractivity contribution in [1.82, 2.24) is 15.0 Å². The van der Waals surface area contributed by atoms with Crippen molar-refractivity contribution in [2.45, 2.75) is 56.2 Å². The lowest BCUT2D eigenvalue weighted by Gasteiger charge is -2.42. The molecule has 164 valence electrons. The van der Waals surface area contributed by atoms with Crippen LogP contribution in [-0.4, -0.2) is 53.3 Å². The van der Waals surface area contributed by atoms with Gasteiger partial charge in [-0.2, -0.15) is 0 Å². The molecular formula is C21H31ClN6OS. The largest absolute Gasteiger partial charge is 0.390 e. The summed E-state index contributed by atoms with van der Waals surface area (Å²) < 4.78 is 0. The van der Waals surface area contributed by atoms with E-state index in [1.54, 1.807) is 6.20 Å². The third kappa shape index (κ3) is 4.66. The number of hydrogen-bond acceptors (Lipinski definition) is 8. The first-order chi connectivity index (χ1) is 14.2. The molecule has 1 saturated heterocycles. The Morgan fingerprint density at radius 1 is 1.33 bits per heavy atom. The second-order valence-corrected chi connectivity index (χ2v) is 9.82. The predicted molar refractivity (Wildman–Crippen MR) is 124 cm³/mol. The first-order valence-electron chi connectivity index (χ1n) is 10.1. The number of aliphatic hydroxyl groups is 1. The van der Waals surface area contributed by atoms with Crippen molar-refractivity contribution in [2.24, 2.45) is 11.1 Å². The van der Waals surface area contributed by atoms with E-state index in [4.69, 9.17) is 27.3 Å². The lowest BCUT2D eigenvalue weighted by molar-refractivity contribution is 0.204. The maximum Gasteiger partial charge on any atom is 0.153 e. The van der Waals surface area contributed by atoms with Crippen LogP contribution in [0.3, 0.4) is 0 Å². The van der Waals surface area contributed by atoms with E-state index < -0.39 is 0 Å². The SMILES string of the molecule is Cc1nc(N2CCC(C)(C(C)N)CC2)c(CO)nc1Sc1ccnc(N(C)C)c1Cl. The number of halogens is 1. The summed E-state index contributed by atoms with van der Waals surface area (Å²) in [5, 5.41) is 11.3. The number of aliphatic hydroxyl groups excluding tert-OH is 1. The minimum Gasteiger partial charge on any atom is -0.390 e. The van der Waals surface area contributed by atoms with Crippen molar-refractivity contribution >= 4 is 35.0 Å². The third-order valence-corrected chi connectivity index (χ3v) is 7.62. The molecule has 0 spiro atoms. The third-order valence-electron chi connectivity index (χ3n) is 6.00. The molecule has 3 N–H and O–H groups in total. The molecule has 0 aliphatic carbocycles. The van der Waals surface area contributed by atoms with E-state index in [9.17, 15) is 5.11 Å². The Bertz CT molecular complexity index is 899. The molecule has 2 aromatic rings. The molecule has 0 aromatic carbocycles. The van der Waals surface area contributed by atoms with Crippen LogP contribution in [0.4, 0.5) is 11.6 Å². The van der Waals surface area contributed by atoms with Crippen LogP contribution in [-0.2, 0) is 6.61 Å². The molecule has 3 heterocycles. The molecule has 0 radical (unpaired) electrons. The summed E-state index contributed by atoms with van der Waals surface area (Å²) in [7, 11) is 3.81. The van der Waals surface area contributed by atoms with Crippen LogP contribution in [0.2, 0.25) is 5.02 Å². The molecule has 1 aliphatic rings. The lowest BCUT2D eigenvalue weighted by atomic mass is 9.75. The minimum atomic E-state index is -0.162. The molecule has 1 aliphatic heterocycles. The highest BCUT2D eigenvalue weighted by molar-refractivity contribution is 7.99. The fourth-order valence-electron chi connectivity index (χ4n) is 3.58. The zero-order chi connectivity index (χ0) is 22.1. The van der Waals surface area contributed by atoms with Gasteiger partial charge in [0, 0.05) is 44.3 Å². The van der Waals surface area contributed by atoms with Gasteiger partial charge in [-0.1, -0.05) is 30.3 Å². The summed E-state index contributed by atoms with van der Waals surface area (Å²) in [5.74, 6) is 1.47. The molecule has 0 bridgehead atoms. The van der Waals surface area contributed by atoms with E-state index in [-0.39, 0.29) is 18.1 Å². The number of piperidine rings is 1. The standard InChI is InChI=1S/C21H31ClN6OS/c1-13-20(30-16-6-9-24-19(17(16)22)27(4)5)26-15(12-29)18(25-13)28-10-7-21(3,8-11-28)14(2)23/h6,9,14,29H,7-8,10-12,23H2,1-5H3. The maximum atomic E-state index is 9.99. The van der Waals surface area contributed by atoms with E-state index in [2.05, 4.69) is 23.7 Å². The fraction of sp³-hybridized carbons (Fsp3) is 0.571. The molecule has 0 amide bonds. The second kappa shape index (κ2) is 9.26. The zero-order valence-electron chi connectivity index (χ0n) is 18.3. The Balaban J connectivity index is 1.86. The lowest BCUT2D eigenvalue weighted by Crippen LogP contribution is -2.47. The Kier molecular flexibility index (Phi) is 7.12. The van der Waals surface area contributed by atoms with Crippen molar-refractivity contribution in [3.05, 3.63) is 28.7 Å². The van der Waals surface area contributed by atoms with Gasteiger partial charge in [-0.15, -0.1) is 0 Å². The van der Waals surface area contributed by atoms with Crippen LogP contribution >= 0.6 is 23.4 Å². The molecular weight excluding hydrogens is 420 g/mol. The van der Waals surface area contributed by atoms with Crippen LogP contribution in [0.15, 0.2) is 22.2 Å². The Morgan fingerprint density at radius 2 is 2.00 bits per heavy atom. The van der Waals surface area contributed by atoms with Gasteiger partial charge in [-0.3, -0.25) is 0 Å². The first-order valence-corrected chi connectivity index (χ1v) is 11.3. The van der Waals surface area contributed by atoms with Crippen molar-refractivity contribution < 1.29 is 5.11 Å². The highest BCUT2D eigenvalue weighted by Gasteiger charge is 2.34. The van der Waals surface area contributed by atoms with E-state index in [1.165, 1.54) is 11.8 Å². The molecule has 1 fully saturated rings. The smallest absolute Gasteiger partial charge is 0.153 e. The van der Waals surface area contributed by atoms with Crippen molar-refractivity contribution in [3.63, 3.8) is 0 Å². The average Bonchev–Trinajstić information content (AvgIpc) is 2.71. The zero-order valence-corrected chi connectivity index (χ0v) is 19.9. The molecule has 7 nitrogen and oxygen atoms in total. The van der Waals surface area contributed by atoms with Gasteiger partial charge in [0.2, 0.25) is 0 Å². The Hall–Kier alpha value is -1.61. The number of nitrogens with zero attached hydrogens (tertiary/aromatic N) is 5. The van der Waals surface area contributed by atoms with Gasteiger partial charge >= 0.3 is 0 Å². The Morgan fingerprint density at radius 3 is 2.57 bits per heavy atom.